The molecule has 0 bridgehead atoms. The van der Waals surface area contributed by atoms with Crippen LogP contribution in [-0.2, 0) is 21.7 Å². The van der Waals surface area contributed by atoms with Gasteiger partial charge >= 0.3 is 0 Å². The maximum atomic E-state index is 5.31. The molecule has 11 rings (SSSR count). The number of rotatable bonds is 4. The van der Waals surface area contributed by atoms with Gasteiger partial charge in [0.25, 0.3) is 0 Å². The third kappa shape index (κ3) is 5.21. The van der Waals surface area contributed by atoms with Gasteiger partial charge in [-0.25, -0.2) is 15.0 Å². The van der Waals surface area contributed by atoms with Gasteiger partial charge in [-0.05, 0) is 91.1 Å². The Balaban J connectivity index is 1.11. The topological polar surface area (TPSA) is 43.6 Å². The van der Waals surface area contributed by atoms with Gasteiger partial charge in [-0.1, -0.05) is 183 Å². The molecule has 61 heavy (non-hydrogen) atoms. The molecule has 0 saturated carbocycles. The molecule has 0 spiro atoms. The fourth-order valence-electron chi connectivity index (χ4n) is 10.6. The highest BCUT2D eigenvalue weighted by Gasteiger charge is 2.48. The normalized spacial score (nSPS) is 16.4. The lowest BCUT2D eigenvalue weighted by atomic mass is 9.55. The molecule has 2 aliphatic carbocycles. The second-order valence-corrected chi connectivity index (χ2v) is 19.3. The molecule has 0 fully saturated rings. The monoisotopic (exact) mass is 790 g/mol. The van der Waals surface area contributed by atoms with Crippen LogP contribution in [-0.4, -0.2) is 19.5 Å². The number of para-hydroxylation sites is 1. The summed E-state index contributed by atoms with van der Waals surface area (Å²) in [5.41, 5.74) is 16.6. The predicted molar refractivity (Wildman–Crippen MR) is 253 cm³/mol. The van der Waals surface area contributed by atoms with Crippen LogP contribution in [0.4, 0.5) is 0 Å². The maximum absolute atomic E-state index is 5.31. The molecule has 0 aliphatic heterocycles. The third-order valence-electron chi connectivity index (χ3n) is 15.4. The summed E-state index contributed by atoms with van der Waals surface area (Å²) in [5.74, 6) is 1.96. The minimum absolute atomic E-state index is 0.0856. The summed E-state index contributed by atoms with van der Waals surface area (Å²) in [4.78, 5) is 15.7. The molecule has 9 aromatic rings. The highest BCUT2D eigenvalue weighted by atomic mass is 15.0. The Kier molecular flexibility index (Phi) is 7.92. The second-order valence-electron chi connectivity index (χ2n) is 19.3. The number of benzene rings is 7. The van der Waals surface area contributed by atoms with Crippen molar-refractivity contribution >= 4 is 21.8 Å². The third-order valence-corrected chi connectivity index (χ3v) is 15.4. The Labute approximate surface area is 359 Å². The first-order valence-electron chi connectivity index (χ1n) is 21.6. The minimum Gasteiger partial charge on any atom is -0.309 e. The van der Waals surface area contributed by atoms with E-state index < -0.39 is 0 Å². The average Bonchev–Trinajstić information content (AvgIpc) is 3.62. The molecule has 2 heterocycles. The quantitative estimate of drug-likeness (QED) is 0.178. The molecule has 0 atom stereocenters. The molecule has 298 valence electrons. The largest absolute Gasteiger partial charge is 0.309 e. The Hall–Kier alpha value is -6.65. The SMILES string of the molecule is CC1(C)c2ccccc2-c2ccc(-c3nc(-c4ccccc4)nc(-c4cccc(-n5c6ccccc6c6c7c(ccc65)-c5ccccc5C(C)(C)C7(C)C)c4)n3)cc2C1(C)C. The molecular formula is C57H50N4. The van der Waals surface area contributed by atoms with Crippen molar-refractivity contribution in [1.29, 1.82) is 0 Å². The minimum atomic E-state index is -0.146. The van der Waals surface area contributed by atoms with Gasteiger partial charge < -0.3 is 4.57 Å². The van der Waals surface area contributed by atoms with Crippen LogP contribution < -0.4 is 0 Å². The number of hydrogen-bond acceptors (Lipinski definition) is 3. The lowest BCUT2D eigenvalue weighted by Crippen LogP contribution is -2.43. The zero-order chi connectivity index (χ0) is 42.1. The lowest BCUT2D eigenvalue weighted by molar-refractivity contribution is 0.299. The summed E-state index contributed by atoms with van der Waals surface area (Å²) >= 11 is 0. The molecular weight excluding hydrogens is 741 g/mol. The van der Waals surface area contributed by atoms with E-state index in [1.165, 1.54) is 66.3 Å². The summed E-state index contributed by atoms with van der Waals surface area (Å²) in [6.45, 7) is 19.2. The van der Waals surface area contributed by atoms with Crippen molar-refractivity contribution in [2.45, 2.75) is 77.0 Å². The molecule has 0 radical (unpaired) electrons. The lowest BCUT2D eigenvalue weighted by Gasteiger charge is -2.48. The van der Waals surface area contributed by atoms with Gasteiger partial charge in [0, 0.05) is 38.6 Å². The van der Waals surface area contributed by atoms with Crippen LogP contribution in [0.3, 0.4) is 0 Å². The summed E-state index contributed by atoms with van der Waals surface area (Å²) in [6, 6.07) is 57.2. The van der Waals surface area contributed by atoms with Gasteiger partial charge in [-0.2, -0.15) is 0 Å². The van der Waals surface area contributed by atoms with Crippen LogP contribution in [0.2, 0.25) is 0 Å². The van der Waals surface area contributed by atoms with Gasteiger partial charge in [-0.3, -0.25) is 0 Å². The Morgan fingerprint density at radius 2 is 0.869 bits per heavy atom. The van der Waals surface area contributed by atoms with Crippen molar-refractivity contribution in [3.63, 3.8) is 0 Å². The summed E-state index contributed by atoms with van der Waals surface area (Å²) in [5, 5.41) is 2.58. The maximum Gasteiger partial charge on any atom is 0.164 e. The summed E-state index contributed by atoms with van der Waals surface area (Å²) in [6.07, 6.45) is 0. The average molecular weight is 791 g/mol. The molecule has 0 saturated heterocycles. The van der Waals surface area contributed by atoms with Crippen molar-refractivity contribution in [1.82, 2.24) is 19.5 Å². The van der Waals surface area contributed by atoms with Gasteiger partial charge in [0.2, 0.25) is 0 Å². The Morgan fingerprint density at radius 1 is 0.361 bits per heavy atom. The number of fused-ring (bicyclic) bond motifs is 10. The standard InChI is InChI=1S/C57H50N4/c1-54(2)44-26-15-12-23-39(44)41-30-29-37(34-46(41)56(54,5)6)53-59-51(35-19-10-9-11-20-35)58-52(60-53)36-21-18-22-38(33-36)61-47-28-17-14-25-43(47)49-48(61)32-31-42-40-24-13-16-27-45(40)55(3,4)57(7,8)50(42)49/h9-34H,1-8H3. The van der Waals surface area contributed by atoms with E-state index in [2.05, 4.69) is 199 Å². The van der Waals surface area contributed by atoms with E-state index in [1.54, 1.807) is 0 Å². The van der Waals surface area contributed by atoms with Crippen molar-refractivity contribution in [2.75, 3.05) is 0 Å². The van der Waals surface area contributed by atoms with E-state index in [-0.39, 0.29) is 21.7 Å². The number of hydrogen-bond donors (Lipinski definition) is 0. The molecule has 4 nitrogen and oxygen atoms in total. The molecule has 0 unspecified atom stereocenters. The molecule has 4 heteroatoms. The van der Waals surface area contributed by atoms with Crippen LogP contribution in [0, 0.1) is 0 Å². The number of nitrogens with zero attached hydrogens (tertiary/aromatic N) is 4. The first-order chi connectivity index (χ1) is 29.3. The summed E-state index contributed by atoms with van der Waals surface area (Å²) in [7, 11) is 0. The van der Waals surface area contributed by atoms with Gasteiger partial charge in [0.15, 0.2) is 17.5 Å². The van der Waals surface area contributed by atoms with Crippen LogP contribution in [0.1, 0.15) is 77.6 Å². The molecule has 2 aromatic heterocycles. The van der Waals surface area contributed by atoms with E-state index in [9.17, 15) is 0 Å². The zero-order valence-corrected chi connectivity index (χ0v) is 36.3. The van der Waals surface area contributed by atoms with Crippen molar-refractivity contribution in [3.8, 4) is 62.1 Å². The van der Waals surface area contributed by atoms with Gasteiger partial charge in [0.1, 0.15) is 0 Å². The molecule has 7 aromatic carbocycles. The van der Waals surface area contributed by atoms with Gasteiger partial charge in [-0.15, -0.1) is 0 Å². The van der Waals surface area contributed by atoms with E-state index in [0.29, 0.717) is 17.5 Å². The van der Waals surface area contributed by atoms with Crippen molar-refractivity contribution in [3.05, 3.63) is 180 Å². The highest BCUT2D eigenvalue weighted by molar-refractivity contribution is 6.13. The fraction of sp³-hybridized carbons (Fsp3) is 0.211. The van der Waals surface area contributed by atoms with Crippen LogP contribution in [0.5, 0.6) is 0 Å². The first-order valence-corrected chi connectivity index (χ1v) is 21.6. The molecule has 2 aliphatic rings. The van der Waals surface area contributed by atoms with Crippen LogP contribution >= 0.6 is 0 Å². The smallest absolute Gasteiger partial charge is 0.164 e. The van der Waals surface area contributed by atoms with E-state index in [1.807, 2.05) is 18.2 Å². The predicted octanol–water partition coefficient (Wildman–Crippen LogP) is 14.4. The van der Waals surface area contributed by atoms with E-state index in [4.69, 9.17) is 15.0 Å². The summed E-state index contributed by atoms with van der Waals surface area (Å²) < 4.78 is 2.43. The van der Waals surface area contributed by atoms with Crippen molar-refractivity contribution in [2.24, 2.45) is 0 Å². The molecule has 0 N–H and O–H groups in total. The van der Waals surface area contributed by atoms with Crippen molar-refractivity contribution < 1.29 is 0 Å². The van der Waals surface area contributed by atoms with Crippen LogP contribution in [0.15, 0.2) is 158 Å². The zero-order valence-electron chi connectivity index (χ0n) is 36.3. The number of aromatic nitrogens is 4. The first kappa shape index (κ1) is 37.4. The van der Waals surface area contributed by atoms with E-state index in [0.717, 1.165) is 22.4 Å². The Morgan fingerprint density at radius 3 is 1.57 bits per heavy atom. The second kappa shape index (κ2) is 12.9. The molecule has 0 amide bonds. The highest BCUT2D eigenvalue weighted by Crippen LogP contribution is 2.57. The fourth-order valence-corrected chi connectivity index (χ4v) is 10.6. The van der Waals surface area contributed by atoms with E-state index >= 15 is 0 Å². The van der Waals surface area contributed by atoms with Crippen LogP contribution in [0.25, 0.3) is 83.9 Å². The Bertz CT molecular complexity index is 3250. The van der Waals surface area contributed by atoms with Gasteiger partial charge in [0.05, 0.1) is 11.0 Å².